The van der Waals surface area contributed by atoms with Gasteiger partial charge in [-0.05, 0) is 36.4 Å². The number of likely N-dealkylation sites (N-methyl/N-ethyl adjacent to an activating group) is 1. The summed E-state index contributed by atoms with van der Waals surface area (Å²) in [6.45, 7) is -0.610. The zero-order chi connectivity index (χ0) is 21.8. The van der Waals surface area contributed by atoms with Crippen molar-refractivity contribution in [3.05, 3.63) is 64.4 Å². The quantitative estimate of drug-likeness (QED) is 0.517. The zero-order valence-electron chi connectivity index (χ0n) is 16.1. The van der Waals surface area contributed by atoms with Crippen LogP contribution < -0.4 is 4.90 Å². The number of hydrogen-bond acceptors (Lipinski definition) is 5. The number of rotatable bonds is 6. The number of halogens is 2. The summed E-state index contributed by atoms with van der Waals surface area (Å²) in [5.74, 6) is -2.40. The van der Waals surface area contributed by atoms with Crippen molar-refractivity contribution in [2.45, 2.75) is 19.4 Å². The van der Waals surface area contributed by atoms with Crippen LogP contribution in [0.1, 0.15) is 28.8 Å². The van der Waals surface area contributed by atoms with E-state index in [9.17, 15) is 23.6 Å². The molecular formula is C21H18ClFN2O5. The second-order valence-corrected chi connectivity index (χ2v) is 7.10. The Labute approximate surface area is 177 Å². The van der Waals surface area contributed by atoms with E-state index in [1.807, 2.05) is 0 Å². The second-order valence-electron chi connectivity index (χ2n) is 6.70. The molecule has 1 fully saturated rings. The first-order valence-corrected chi connectivity index (χ1v) is 9.45. The average molecular weight is 433 g/mol. The van der Waals surface area contributed by atoms with E-state index in [2.05, 4.69) is 0 Å². The normalized spacial score (nSPS) is 13.5. The lowest BCUT2D eigenvalue weighted by atomic mass is 10.2. The standard InChI is InChI=1S/C21H18ClFN2O5/c1-24(11-15-16(22)3-2-4-17(15)23)20(28)12-30-21(29)13-5-7-14(8-6-13)25-18(26)9-10-19(25)27/h2-8H,9-12H2,1H3. The summed E-state index contributed by atoms with van der Waals surface area (Å²) in [5.41, 5.74) is 0.699. The third-order valence-electron chi connectivity index (χ3n) is 4.62. The van der Waals surface area contributed by atoms with Gasteiger partial charge in [-0.25, -0.2) is 9.18 Å². The van der Waals surface area contributed by atoms with Crippen molar-refractivity contribution < 1.29 is 28.3 Å². The number of carbonyl (C=O) groups excluding carboxylic acids is 4. The molecule has 2 aromatic carbocycles. The fourth-order valence-electron chi connectivity index (χ4n) is 2.94. The predicted molar refractivity (Wildman–Crippen MR) is 106 cm³/mol. The van der Waals surface area contributed by atoms with Gasteiger partial charge in [-0.3, -0.25) is 19.3 Å². The van der Waals surface area contributed by atoms with Crippen molar-refractivity contribution >= 4 is 41.0 Å². The van der Waals surface area contributed by atoms with Crippen LogP contribution in [0.3, 0.4) is 0 Å². The van der Waals surface area contributed by atoms with Crippen molar-refractivity contribution in [2.75, 3.05) is 18.6 Å². The summed E-state index contributed by atoms with van der Waals surface area (Å²) in [6.07, 6.45) is 0.326. The zero-order valence-corrected chi connectivity index (χ0v) is 16.8. The molecule has 1 saturated heterocycles. The van der Waals surface area contributed by atoms with E-state index in [0.29, 0.717) is 5.69 Å². The molecule has 0 atom stereocenters. The van der Waals surface area contributed by atoms with Crippen LogP contribution in [0.15, 0.2) is 42.5 Å². The van der Waals surface area contributed by atoms with Gasteiger partial charge >= 0.3 is 5.97 Å². The summed E-state index contributed by atoms with van der Waals surface area (Å²) in [6, 6.07) is 9.97. The first-order valence-electron chi connectivity index (χ1n) is 9.07. The molecule has 0 bridgehead atoms. The maximum absolute atomic E-state index is 13.8. The van der Waals surface area contributed by atoms with Gasteiger partial charge < -0.3 is 9.64 Å². The number of anilines is 1. The second kappa shape index (κ2) is 9.04. The van der Waals surface area contributed by atoms with E-state index in [1.165, 1.54) is 54.4 Å². The Hall–Kier alpha value is -3.26. The van der Waals surface area contributed by atoms with Crippen LogP contribution in [0.5, 0.6) is 0 Å². The molecule has 3 rings (SSSR count). The predicted octanol–water partition coefficient (Wildman–Crippen LogP) is 2.95. The molecule has 0 radical (unpaired) electrons. The molecule has 0 unspecified atom stereocenters. The SMILES string of the molecule is CN(Cc1c(F)cccc1Cl)C(=O)COC(=O)c1ccc(N2C(=O)CCC2=O)cc1. The summed E-state index contributed by atoms with van der Waals surface area (Å²) >= 11 is 5.95. The molecule has 7 nitrogen and oxygen atoms in total. The Morgan fingerprint density at radius 1 is 1.10 bits per heavy atom. The third kappa shape index (κ3) is 4.65. The minimum Gasteiger partial charge on any atom is -0.452 e. The fourth-order valence-corrected chi connectivity index (χ4v) is 3.16. The molecule has 0 N–H and O–H groups in total. The van der Waals surface area contributed by atoms with Crippen LogP contribution in [-0.4, -0.2) is 42.2 Å². The Bertz CT molecular complexity index is 973. The highest BCUT2D eigenvalue weighted by Crippen LogP contribution is 2.23. The molecule has 156 valence electrons. The van der Waals surface area contributed by atoms with Gasteiger partial charge in [-0.2, -0.15) is 0 Å². The maximum atomic E-state index is 13.8. The smallest absolute Gasteiger partial charge is 0.338 e. The number of amides is 3. The molecule has 9 heteroatoms. The summed E-state index contributed by atoms with van der Waals surface area (Å²) in [4.78, 5) is 50.2. The number of esters is 1. The van der Waals surface area contributed by atoms with Gasteiger partial charge in [0.15, 0.2) is 6.61 Å². The molecule has 1 heterocycles. The summed E-state index contributed by atoms with van der Waals surface area (Å²) < 4.78 is 18.9. The van der Waals surface area contributed by atoms with Crippen molar-refractivity contribution in [3.63, 3.8) is 0 Å². The Kier molecular flexibility index (Phi) is 6.47. The number of nitrogens with zero attached hydrogens (tertiary/aromatic N) is 2. The topological polar surface area (TPSA) is 84.0 Å². The number of imide groups is 1. The first-order chi connectivity index (χ1) is 14.3. The van der Waals surface area contributed by atoms with Crippen molar-refractivity contribution in [2.24, 2.45) is 0 Å². The number of carbonyl (C=O) groups is 4. The highest BCUT2D eigenvalue weighted by atomic mass is 35.5. The van der Waals surface area contributed by atoms with Crippen LogP contribution in [0.2, 0.25) is 5.02 Å². The van der Waals surface area contributed by atoms with Gasteiger partial charge in [-0.15, -0.1) is 0 Å². The molecular weight excluding hydrogens is 415 g/mol. The summed E-state index contributed by atoms with van der Waals surface area (Å²) in [7, 11) is 1.44. The molecule has 0 saturated carbocycles. The van der Waals surface area contributed by atoms with Gasteiger partial charge in [-0.1, -0.05) is 17.7 Å². The van der Waals surface area contributed by atoms with Gasteiger partial charge in [0, 0.05) is 37.0 Å². The molecule has 1 aliphatic heterocycles. The van der Waals surface area contributed by atoms with Crippen LogP contribution in [-0.2, 0) is 25.7 Å². The van der Waals surface area contributed by atoms with Crippen LogP contribution in [0, 0.1) is 5.82 Å². The monoisotopic (exact) mass is 432 g/mol. The lowest BCUT2D eigenvalue weighted by Gasteiger charge is -2.18. The number of hydrogen-bond donors (Lipinski definition) is 0. The molecule has 0 aromatic heterocycles. The largest absolute Gasteiger partial charge is 0.452 e. The lowest BCUT2D eigenvalue weighted by molar-refractivity contribution is -0.133. The van der Waals surface area contributed by atoms with Gasteiger partial charge in [0.1, 0.15) is 5.82 Å². The minimum atomic E-state index is -0.744. The van der Waals surface area contributed by atoms with E-state index in [-0.39, 0.29) is 47.4 Å². The van der Waals surface area contributed by atoms with Gasteiger partial charge in [0.05, 0.1) is 11.3 Å². The maximum Gasteiger partial charge on any atom is 0.338 e. The van der Waals surface area contributed by atoms with E-state index >= 15 is 0 Å². The molecule has 2 aromatic rings. The fraction of sp³-hybridized carbons (Fsp3) is 0.238. The van der Waals surface area contributed by atoms with E-state index in [0.717, 1.165) is 4.90 Å². The first kappa shape index (κ1) is 21.4. The lowest BCUT2D eigenvalue weighted by Crippen LogP contribution is -2.31. The van der Waals surface area contributed by atoms with E-state index in [4.69, 9.17) is 16.3 Å². The Morgan fingerprint density at radius 3 is 2.33 bits per heavy atom. The van der Waals surface area contributed by atoms with Crippen LogP contribution >= 0.6 is 11.6 Å². The van der Waals surface area contributed by atoms with Gasteiger partial charge in [0.25, 0.3) is 5.91 Å². The number of ether oxygens (including phenoxy) is 1. The minimum absolute atomic E-state index is 0.0749. The molecule has 30 heavy (non-hydrogen) atoms. The summed E-state index contributed by atoms with van der Waals surface area (Å²) in [5, 5.41) is 0.196. The molecule has 3 amide bonds. The van der Waals surface area contributed by atoms with Gasteiger partial charge in [0.2, 0.25) is 11.8 Å². The van der Waals surface area contributed by atoms with E-state index < -0.39 is 24.3 Å². The van der Waals surface area contributed by atoms with Crippen molar-refractivity contribution in [1.82, 2.24) is 4.90 Å². The number of benzene rings is 2. The van der Waals surface area contributed by atoms with Crippen molar-refractivity contribution in [1.29, 1.82) is 0 Å². The average Bonchev–Trinajstić information content (AvgIpc) is 3.06. The Morgan fingerprint density at radius 2 is 1.73 bits per heavy atom. The van der Waals surface area contributed by atoms with Crippen molar-refractivity contribution in [3.8, 4) is 0 Å². The van der Waals surface area contributed by atoms with Crippen LogP contribution in [0.25, 0.3) is 0 Å². The van der Waals surface area contributed by atoms with E-state index in [1.54, 1.807) is 0 Å². The highest BCUT2D eigenvalue weighted by Gasteiger charge is 2.30. The third-order valence-corrected chi connectivity index (χ3v) is 4.98. The van der Waals surface area contributed by atoms with Crippen LogP contribution in [0.4, 0.5) is 10.1 Å². The molecule has 1 aliphatic rings. The molecule has 0 aliphatic carbocycles. The molecule has 0 spiro atoms. The highest BCUT2D eigenvalue weighted by molar-refractivity contribution is 6.31. The Balaban J connectivity index is 1.56.